The molecule has 3 nitrogen and oxygen atoms in total. The summed E-state index contributed by atoms with van der Waals surface area (Å²) in [6.07, 6.45) is 9.67. The molecule has 2 aliphatic rings. The molecule has 1 aromatic carbocycles. The molecule has 0 aromatic heterocycles. The lowest BCUT2D eigenvalue weighted by Crippen LogP contribution is -2.24. The third kappa shape index (κ3) is 2.94. The quantitative estimate of drug-likeness (QED) is 0.900. The lowest BCUT2D eigenvalue weighted by atomic mass is 9.91. The second kappa shape index (κ2) is 5.97. The molecule has 0 saturated heterocycles. The van der Waals surface area contributed by atoms with Crippen molar-refractivity contribution in [1.29, 1.82) is 0 Å². The minimum Gasteiger partial charge on any atom is -0.492 e. The normalized spacial score (nSPS) is 22.5. The highest BCUT2D eigenvalue weighted by molar-refractivity contribution is 5.85. The molecule has 1 N–H and O–H groups in total. The van der Waals surface area contributed by atoms with Crippen molar-refractivity contribution in [2.75, 3.05) is 0 Å². The third-order valence-corrected chi connectivity index (χ3v) is 3.36. The number of hydrogen-bond acceptors (Lipinski definition) is 2. The van der Waals surface area contributed by atoms with E-state index >= 15 is 0 Å². The molecule has 0 spiro atoms. The predicted molar refractivity (Wildman–Crippen MR) is 79.7 cm³/mol. The van der Waals surface area contributed by atoms with Crippen LogP contribution in [0, 0.1) is 5.92 Å². The molecular formula is C16H15ClO3. The molecule has 4 heteroatoms. The lowest BCUT2D eigenvalue weighted by Gasteiger charge is -2.21. The summed E-state index contributed by atoms with van der Waals surface area (Å²) in [6.45, 7) is 0. The van der Waals surface area contributed by atoms with Gasteiger partial charge in [0.15, 0.2) is 0 Å². The first-order valence-corrected chi connectivity index (χ1v) is 6.25. The van der Waals surface area contributed by atoms with Gasteiger partial charge in [0.25, 0.3) is 0 Å². The van der Waals surface area contributed by atoms with E-state index in [1.807, 2.05) is 42.5 Å². The van der Waals surface area contributed by atoms with Crippen LogP contribution in [0.1, 0.15) is 6.42 Å². The van der Waals surface area contributed by atoms with Crippen LogP contribution in [0.4, 0.5) is 0 Å². The maximum Gasteiger partial charge on any atom is 0.307 e. The zero-order valence-corrected chi connectivity index (χ0v) is 11.5. The topological polar surface area (TPSA) is 46.5 Å². The summed E-state index contributed by atoms with van der Waals surface area (Å²) in [6, 6.07) is 8.02. The molecule has 1 heterocycles. The summed E-state index contributed by atoms with van der Waals surface area (Å²) >= 11 is 0. The van der Waals surface area contributed by atoms with E-state index < -0.39 is 5.97 Å². The van der Waals surface area contributed by atoms with Crippen LogP contribution < -0.4 is 10.4 Å². The van der Waals surface area contributed by atoms with Crippen LogP contribution in [-0.2, 0) is 9.53 Å². The molecule has 1 aromatic rings. The van der Waals surface area contributed by atoms with Crippen molar-refractivity contribution in [3.8, 4) is 0 Å². The van der Waals surface area contributed by atoms with Gasteiger partial charge in [0.05, 0.1) is 12.7 Å². The summed E-state index contributed by atoms with van der Waals surface area (Å²) in [5.41, 5.74) is 0.827. The van der Waals surface area contributed by atoms with Gasteiger partial charge in [-0.3, -0.25) is 4.79 Å². The van der Waals surface area contributed by atoms with Crippen molar-refractivity contribution >= 4 is 30.7 Å². The van der Waals surface area contributed by atoms with Crippen LogP contribution in [0.15, 0.2) is 48.1 Å². The fourth-order valence-corrected chi connectivity index (χ4v) is 2.45. The van der Waals surface area contributed by atoms with E-state index in [2.05, 4.69) is 6.08 Å². The molecule has 2 atom stereocenters. The van der Waals surface area contributed by atoms with E-state index in [0.717, 1.165) is 16.0 Å². The lowest BCUT2D eigenvalue weighted by molar-refractivity contribution is -0.136. The summed E-state index contributed by atoms with van der Waals surface area (Å²) in [5, 5.41) is 11.0. The number of allylic oxidation sites excluding steroid dienone is 1. The van der Waals surface area contributed by atoms with Gasteiger partial charge in [-0.15, -0.1) is 12.4 Å². The van der Waals surface area contributed by atoms with E-state index in [1.54, 1.807) is 6.26 Å². The summed E-state index contributed by atoms with van der Waals surface area (Å²) in [5.74, 6) is -0.727. The van der Waals surface area contributed by atoms with E-state index in [0.29, 0.717) is 0 Å². The molecule has 104 valence electrons. The highest BCUT2D eigenvalue weighted by Gasteiger charge is 2.21. The van der Waals surface area contributed by atoms with Crippen molar-refractivity contribution in [3.05, 3.63) is 58.5 Å². The predicted octanol–water partition coefficient (Wildman–Crippen LogP) is 1.61. The Morgan fingerprint density at radius 3 is 2.70 bits per heavy atom. The number of carboxylic acid groups (broad SMARTS) is 1. The van der Waals surface area contributed by atoms with Gasteiger partial charge in [0.1, 0.15) is 6.10 Å². The van der Waals surface area contributed by atoms with Gasteiger partial charge >= 0.3 is 5.97 Å². The third-order valence-electron chi connectivity index (χ3n) is 3.36. The second-order valence-electron chi connectivity index (χ2n) is 4.76. The molecule has 2 unspecified atom stereocenters. The number of fused-ring (bicyclic) bond motifs is 2. The number of halogens is 1. The number of rotatable bonds is 2. The maximum atomic E-state index is 10.8. The Hall–Kier alpha value is -2.00. The molecule has 0 radical (unpaired) electrons. The zero-order valence-electron chi connectivity index (χ0n) is 10.7. The van der Waals surface area contributed by atoms with E-state index in [-0.39, 0.29) is 30.8 Å². The Balaban J connectivity index is 0.00000147. The largest absolute Gasteiger partial charge is 0.492 e. The summed E-state index contributed by atoms with van der Waals surface area (Å²) in [4.78, 5) is 10.8. The average Bonchev–Trinajstić information content (AvgIpc) is 2.56. The van der Waals surface area contributed by atoms with Crippen LogP contribution in [0.2, 0.25) is 0 Å². The van der Waals surface area contributed by atoms with Crippen LogP contribution >= 0.6 is 12.4 Å². The first-order valence-electron chi connectivity index (χ1n) is 6.25. The van der Waals surface area contributed by atoms with Gasteiger partial charge in [0.2, 0.25) is 0 Å². The molecule has 0 fully saturated rings. The Morgan fingerprint density at radius 2 is 1.95 bits per heavy atom. The monoisotopic (exact) mass is 290 g/mol. The van der Waals surface area contributed by atoms with Crippen LogP contribution in [0.25, 0.3) is 12.3 Å². The Labute approximate surface area is 123 Å². The Bertz CT molecular complexity index is 688. The molecule has 1 aliphatic heterocycles. The zero-order chi connectivity index (χ0) is 13.2. The molecule has 0 amide bonds. The second-order valence-corrected chi connectivity index (χ2v) is 4.76. The number of hydrogen-bond donors (Lipinski definition) is 1. The molecule has 1 aliphatic carbocycles. The van der Waals surface area contributed by atoms with Crippen LogP contribution in [0.5, 0.6) is 0 Å². The SMILES string of the molecule is Cl.O=C(O)CC1=CC2C=c3ccccc3=COC2C=C1. The maximum absolute atomic E-state index is 10.8. The molecule has 20 heavy (non-hydrogen) atoms. The van der Waals surface area contributed by atoms with Crippen molar-refractivity contribution in [2.45, 2.75) is 12.5 Å². The van der Waals surface area contributed by atoms with Crippen LogP contribution in [0.3, 0.4) is 0 Å². The summed E-state index contributed by atoms with van der Waals surface area (Å²) < 4.78 is 5.75. The van der Waals surface area contributed by atoms with Crippen molar-refractivity contribution in [3.63, 3.8) is 0 Å². The first-order chi connectivity index (χ1) is 9.22. The van der Waals surface area contributed by atoms with Crippen molar-refractivity contribution < 1.29 is 14.6 Å². The fourth-order valence-electron chi connectivity index (χ4n) is 2.45. The highest BCUT2D eigenvalue weighted by Crippen LogP contribution is 2.24. The number of carbonyl (C=O) groups is 1. The van der Waals surface area contributed by atoms with Crippen molar-refractivity contribution in [1.82, 2.24) is 0 Å². The Kier molecular flexibility index (Phi) is 4.30. The Morgan fingerprint density at radius 1 is 1.20 bits per heavy atom. The first kappa shape index (κ1) is 14.4. The van der Waals surface area contributed by atoms with Gasteiger partial charge in [-0.25, -0.2) is 0 Å². The fraction of sp³-hybridized carbons (Fsp3) is 0.188. The molecule has 0 saturated carbocycles. The van der Waals surface area contributed by atoms with Gasteiger partial charge < -0.3 is 9.84 Å². The van der Waals surface area contributed by atoms with Gasteiger partial charge in [-0.1, -0.05) is 42.5 Å². The van der Waals surface area contributed by atoms with E-state index in [1.165, 1.54) is 0 Å². The number of carboxylic acids is 1. The molecular weight excluding hydrogens is 276 g/mol. The number of benzene rings is 1. The minimum absolute atomic E-state index is 0. The molecule has 3 rings (SSSR count). The standard InChI is InChI=1S/C16H14O3.ClH/c17-16(18)8-11-5-6-15-14(7-11)9-12-3-1-2-4-13(12)10-19-15;/h1-7,9-10,14-15H,8H2,(H,17,18);1H. The number of aliphatic carboxylic acids is 1. The summed E-state index contributed by atoms with van der Waals surface area (Å²) in [7, 11) is 0. The van der Waals surface area contributed by atoms with Crippen LogP contribution in [-0.4, -0.2) is 17.2 Å². The average molecular weight is 291 g/mol. The van der Waals surface area contributed by atoms with Gasteiger partial charge in [-0.05, 0) is 16.9 Å². The van der Waals surface area contributed by atoms with Crippen molar-refractivity contribution in [2.24, 2.45) is 5.92 Å². The van der Waals surface area contributed by atoms with E-state index in [4.69, 9.17) is 9.84 Å². The van der Waals surface area contributed by atoms with Gasteiger partial charge in [-0.2, -0.15) is 0 Å². The highest BCUT2D eigenvalue weighted by atomic mass is 35.5. The molecule has 0 bridgehead atoms. The van der Waals surface area contributed by atoms with E-state index in [9.17, 15) is 4.79 Å². The van der Waals surface area contributed by atoms with Gasteiger partial charge in [0, 0.05) is 11.1 Å². The minimum atomic E-state index is -0.809. The smallest absolute Gasteiger partial charge is 0.307 e. The number of ether oxygens (including phenoxy) is 1.